The van der Waals surface area contributed by atoms with Crippen molar-refractivity contribution < 1.29 is 13.5 Å². The Labute approximate surface area is 172 Å². The van der Waals surface area contributed by atoms with Crippen LogP contribution in [0.15, 0.2) is 56.6 Å². The van der Waals surface area contributed by atoms with Crippen molar-refractivity contribution in [1.82, 2.24) is 9.29 Å². The first-order valence-corrected chi connectivity index (χ1v) is 11.0. The Morgan fingerprint density at radius 2 is 1.86 bits per heavy atom. The van der Waals surface area contributed by atoms with Crippen molar-refractivity contribution >= 4 is 36.9 Å². The minimum atomic E-state index is -3.91. The molecule has 0 atom stereocenters. The van der Waals surface area contributed by atoms with Gasteiger partial charge < -0.3 is 10.1 Å². The molecule has 0 aliphatic rings. The van der Waals surface area contributed by atoms with Gasteiger partial charge in [-0.1, -0.05) is 18.2 Å². The number of aliphatic hydroxyl groups excluding tert-OH is 1. The predicted molar refractivity (Wildman–Crippen MR) is 113 cm³/mol. The lowest BCUT2D eigenvalue weighted by Gasteiger charge is -2.22. The number of aromatic amines is 1. The normalized spacial score (nSPS) is 12.0. The molecule has 3 rings (SSSR count). The first-order valence-electron chi connectivity index (χ1n) is 8.72. The number of rotatable bonds is 6. The molecular weight excluding hydrogens is 444 g/mol. The molecule has 0 spiro atoms. The van der Waals surface area contributed by atoms with Crippen LogP contribution >= 0.6 is 15.9 Å². The molecule has 0 radical (unpaired) electrons. The molecule has 0 fully saturated rings. The van der Waals surface area contributed by atoms with Crippen LogP contribution in [0.2, 0.25) is 0 Å². The highest BCUT2D eigenvalue weighted by atomic mass is 79.9. The highest BCUT2D eigenvalue weighted by Gasteiger charge is 2.27. The zero-order valence-corrected chi connectivity index (χ0v) is 18.0. The van der Waals surface area contributed by atoms with Crippen LogP contribution in [0.3, 0.4) is 0 Å². The Bertz CT molecular complexity index is 1190. The summed E-state index contributed by atoms with van der Waals surface area (Å²) in [6.07, 6.45) is 0. The third-order valence-corrected chi connectivity index (χ3v) is 7.40. The quantitative estimate of drug-likeness (QED) is 0.586. The molecule has 0 unspecified atom stereocenters. The summed E-state index contributed by atoms with van der Waals surface area (Å²) in [7, 11) is -3.91. The Morgan fingerprint density at radius 1 is 1.14 bits per heavy atom. The molecule has 2 N–H and O–H groups in total. The van der Waals surface area contributed by atoms with Crippen LogP contribution in [0.5, 0.6) is 0 Å². The summed E-state index contributed by atoms with van der Waals surface area (Å²) in [5.74, 6) is 0. The fraction of sp³-hybridized carbons (Fsp3) is 0.250. The minimum absolute atomic E-state index is 0.0903. The number of aromatic nitrogens is 1. The number of aliphatic hydroxyl groups is 1. The summed E-state index contributed by atoms with van der Waals surface area (Å²) in [5, 5.41) is 10.3. The molecule has 0 aliphatic carbocycles. The molecule has 6 nitrogen and oxygen atoms in total. The fourth-order valence-corrected chi connectivity index (χ4v) is 5.59. The van der Waals surface area contributed by atoms with Gasteiger partial charge in [0.2, 0.25) is 10.0 Å². The van der Waals surface area contributed by atoms with Crippen LogP contribution < -0.4 is 5.56 Å². The van der Waals surface area contributed by atoms with Crippen molar-refractivity contribution in [1.29, 1.82) is 0 Å². The van der Waals surface area contributed by atoms with E-state index in [0.29, 0.717) is 15.6 Å². The maximum atomic E-state index is 13.1. The van der Waals surface area contributed by atoms with Gasteiger partial charge in [0.05, 0.1) is 11.5 Å². The van der Waals surface area contributed by atoms with E-state index in [1.807, 2.05) is 26.0 Å². The molecule has 0 aliphatic heterocycles. The van der Waals surface area contributed by atoms with Crippen molar-refractivity contribution in [3.05, 3.63) is 74.0 Å². The molecular formula is C20H21BrN2O4S. The second kappa shape index (κ2) is 8.16. The fourth-order valence-electron chi connectivity index (χ4n) is 3.21. The lowest BCUT2D eigenvalue weighted by Crippen LogP contribution is -2.35. The highest BCUT2D eigenvalue weighted by Crippen LogP contribution is 2.26. The maximum absolute atomic E-state index is 13.1. The molecule has 0 amide bonds. The van der Waals surface area contributed by atoms with E-state index in [1.54, 1.807) is 24.3 Å². The Kier molecular flexibility index (Phi) is 6.04. The number of pyridine rings is 1. The van der Waals surface area contributed by atoms with E-state index in [-0.39, 0.29) is 30.2 Å². The van der Waals surface area contributed by atoms with E-state index >= 15 is 0 Å². The van der Waals surface area contributed by atoms with Gasteiger partial charge in [-0.15, -0.1) is 0 Å². The molecule has 28 heavy (non-hydrogen) atoms. The number of nitrogens with zero attached hydrogens (tertiary/aromatic N) is 1. The first-order chi connectivity index (χ1) is 13.2. The van der Waals surface area contributed by atoms with E-state index in [0.717, 1.165) is 20.8 Å². The van der Waals surface area contributed by atoms with Gasteiger partial charge in [-0.2, -0.15) is 4.31 Å². The molecule has 0 saturated carbocycles. The topological polar surface area (TPSA) is 90.5 Å². The van der Waals surface area contributed by atoms with Crippen LogP contribution in [0.4, 0.5) is 0 Å². The summed E-state index contributed by atoms with van der Waals surface area (Å²) in [4.78, 5) is 15.5. The molecule has 3 aromatic rings. The van der Waals surface area contributed by atoms with Crippen LogP contribution in [-0.4, -0.2) is 36.0 Å². The first kappa shape index (κ1) is 20.7. The van der Waals surface area contributed by atoms with Gasteiger partial charge in [-0.05, 0) is 65.2 Å². The van der Waals surface area contributed by atoms with Gasteiger partial charge >= 0.3 is 0 Å². The second-order valence-electron chi connectivity index (χ2n) is 6.66. The van der Waals surface area contributed by atoms with Crippen LogP contribution in [0.1, 0.15) is 16.7 Å². The van der Waals surface area contributed by atoms with Crippen molar-refractivity contribution in [2.45, 2.75) is 25.3 Å². The van der Waals surface area contributed by atoms with Gasteiger partial charge in [-0.25, -0.2) is 8.42 Å². The number of nitrogens with one attached hydrogen (secondary N) is 1. The minimum Gasteiger partial charge on any atom is -0.395 e. The summed E-state index contributed by atoms with van der Waals surface area (Å²) in [5.41, 5.74) is 2.72. The smallest absolute Gasteiger partial charge is 0.252 e. The van der Waals surface area contributed by atoms with Gasteiger partial charge in [-0.3, -0.25) is 4.79 Å². The number of fused-ring (bicyclic) bond motifs is 1. The van der Waals surface area contributed by atoms with E-state index in [2.05, 4.69) is 20.9 Å². The number of hydrogen-bond acceptors (Lipinski definition) is 4. The molecule has 1 heterocycles. The van der Waals surface area contributed by atoms with E-state index in [1.165, 1.54) is 6.07 Å². The lowest BCUT2D eigenvalue weighted by atomic mass is 10.0. The number of aryl methyl sites for hydroxylation is 2. The van der Waals surface area contributed by atoms with Gasteiger partial charge in [0, 0.05) is 34.0 Å². The Balaban J connectivity index is 2.07. The monoisotopic (exact) mass is 464 g/mol. The molecule has 8 heteroatoms. The van der Waals surface area contributed by atoms with Crippen molar-refractivity contribution in [3.8, 4) is 0 Å². The van der Waals surface area contributed by atoms with E-state index in [9.17, 15) is 18.3 Å². The SMILES string of the molecule is Cc1cc(C)c2cc(CN(CCO)S(=O)(=O)c3ccccc3Br)c(=O)[nH]c2c1. The summed E-state index contributed by atoms with van der Waals surface area (Å²) in [6.45, 7) is 3.29. The maximum Gasteiger partial charge on any atom is 0.252 e. The van der Waals surface area contributed by atoms with Crippen molar-refractivity contribution in [3.63, 3.8) is 0 Å². The molecule has 148 valence electrons. The Morgan fingerprint density at radius 3 is 2.54 bits per heavy atom. The van der Waals surface area contributed by atoms with E-state index in [4.69, 9.17) is 0 Å². The molecule has 0 bridgehead atoms. The number of hydrogen-bond donors (Lipinski definition) is 2. The third kappa shape index (κ3) is 4.05. The van der Waals surface area contributed by atoms with Crippen LogP contribution in [-0.2, 0) is 16.6 Å². The third-order valence-electron chi connectivity index (χ3n) is 4.54. The van der Waals surface area contributed by atoms with Crippen LogP contribution in [0.25, 0.3) is 10.9 Å². The van der Waals surface area contributed by atoms with E-state index < -0.39 is 10.0 Å². The molecule has 1 aromatic heterocycles. The summed E-state index contributed by atoms with van der Waals surface area (Å²) < 4.78 is 27.8. The number of benzene rings is 2. The zero-order chi connectivity index (χ0) is 20.5. The van der Waals surface area contributed by atoms with Gasteiger partial charge in [0.1, 0.15) is 0 Å². The second-order valence-corrected chi connectivity index (χ2v) is 9.42. The number of H-pyrrole nitrogens is 1. The zero-order valence-electron chi connectivity index (χ0n) is 15.6. The van der Waals surface area contributed by atoms with Gasteiger partial charge in [0.25, 0.3) is 5.56 Å². The number of halogens is 1. The average Bonchev–Trinajstić information content (AvgIpc) is 2.62. The Hall–Kier alpha value is -2.00. The van der Waals surface area contributed by atoms with Crippen LogP contribution in [0, 0.1) is 13.8 Å². The van der Waals surface area contributed by atoms with Crippen molar-refractivity contribution in [2.75, 3.05) is 13.2 Å². The molecule has 0 saturated heterocycles. The predicted octanol–water partition coefficient (Wildman–Crippen LogP) is 3.09. The number of sulfonamides is 1. The standard InChI is InChI=1S/C20H21BrN2O4S/c1-13-9-14(2)16-11-15(20(25)22-18(16)10-13)12-23(7-8-24)28(26,27)19-6-4-3-5-17(19)21/h3-6,9-11,24H,7-8,12H2,1-2H3,(H,22,25). The summed E-state index contributed by atoms with van der Waals surface area (Å²) >= 11 is 3.26. The summed E-state index contributed by atoms with van der Waals surface area (Å²) in [6, 6.07) is 12.1. The average molecular weight is 465 g/mol. The molecule has 2 aromatic carbocycles. The van der Waals surface area contributed by atoms with Gasteiger partial charge in [0.15, 0.2) is 0 Å². The lowest BCUT2D eigenvalue weighted by molar-refractivity contribution is 0.250. The largest absolute Gasteiger partial charge is 0.395 e. The highest BCUT2D eigenvalue weighted by molar-refractivity contribution is 9.10. The van der Waals surface area contributed by atoms with Crippen molar-refractivity contribution in [2.24, 2.45) is 0 Å².